The molecule has 0 saturated heterocycles. The van der Waals surface area contributed by atoms with Gasteiger partial charge in [0.15, 0.2) is 5.78 Å². The molecule has 1 N–H and O–H groups in total. The van der Waals surface area contributed by atoms with Crippen LogP contribution in [0.5, 0.6) is 0 Å². The highest BCUT2D eigenvalue weighted by molar-refractivity contribution is 7.90. The smallest absolute Gasteiger partial charge is 0.315 e. The maximum atomic E-state index is 13.6. The zero-order valence-corrected chi connectivity index (χ0v) is 21.2. The molecule has 3 unspecified atom stereocenters. The molecule has 0 aliphatic carbocycles. The molecule has 10 nitrogen and oxygen atoms in total. The molecule has 1 aromatic carbocycles. The van der Waals surface area contributed by atoms with Crippen LogP contribution >= 0.6 is 0 Å². The predicted octanol–water partition coefficient (Wildman–Crippen LogP) is 3.28. The third-order valence-electron chi connectivity index (χ3n) is 5.37. The van der Waals surface area contributed by atoms with Crippen LogP contribution in [-0.4, -0.2) is 48.2 Å². The number of hydrogen-bond acceptors (Lipinski definition) is 8. The van der Waals surface area contributed by atoms with Crippen molar-refractivity contribution in [3.05, 3.63) is 51.2 Å². The summed E-state index contributed by atoms with van der Waals surface area (Å²) in [5.41, 5.74) is 0.725. The number of Topliss-reactive ketones (excluding diaryl/α,β-unsaturated/α-hetero) is 1. The molecule has 3 atom stereocenters. The Kier molecular flexibility index (Phi) is 8.49. The Hall–Kier alpha value is -2.92. The molecule has 11 heteroatoms. The summed E-state index contributed by atoms with van der Waals surface area (Å²) in [5.74, 6) is -3.45. The summed E-state index contributed by atoms with van der Waals surface area (Å²) in [6.07, 6.45) is -0.452. The first-order chi connectivity index (χ1) is 15.7. The van der Waals surface area contributed by atoms with Crippen LogP contribution in [0, 0.1) is 16.0 Å². The fraction of sp³-hybridized carbons (Fsp3) is 0.522. The normalized spacial score (nSPS) is 19.7. The van der Waals surface area contributed by atoms with Crippen LogP contribution in [0.3, 0.4) is 0 Å². The highest BCUT2D eigenvalue weighted by Gasteiger charge is 2.45. The van der Waals surface area contributed by atoms with E-state index in [4.69, 9.17) is 4.74 Å². The molecule has 34 heavy (non-hydrogen) atoms. The van der Waals surface area contributed by atoms with Gasteiger partial charge in [-0.05, 0) is 54.0 Å². The van der Waals surface area contributed by atoms with E-state index in [2.05, 4.69) is 9.71 Å². The summed E-state index contributed by atoms with van der Waals surface area (Å²) in [6.45, 7) is 11.1. The number of esters is 1. The number of rotatable bonds is 9. The van der Waals surface area contributed by atoms with Gasteiger partial charge in [0.05, 0.1) is 11.0 Å². The zero-order chi connectivity index (χ0) is 26.0. The van der Waals surface area contributed by atoms with Crippen LogP contribution in [0.2, 0.25) is 0 Å². The molecule has 1 aliphatic rings. The minimum Gasteiger partial charge on any atom is -0.462 e. The second-order valence-electron chi connectivity index (χ2n) is 8.87. The molecule has 186 valence electrons. The van der Waals surface area contributed by atoms with E-state index >= 15 is 0 Å². The van der Waals surface area contributed by atoms with Crippen molar-refractivity contribution in [2.24, 2.45) is 10.9 Å². The van der Waals surface area contributed by atoms with Crippen molar-refractivity contribution in [3.63, 3.8) is 0 Å². The van der Waals surface area contributed by atoms with Gasteiger partial charge in [0, 0.05) is 41.1 Å². The van der Waals surface area contributed by atoms with E-state index in [0.717, 1.165) is 0 Å². The van der Waals surface area contributed by atoms with Crippen molar-refractivity contribution in [1.82, 2.24) is 4.72 Å². The van der Waals surface area contributed by atoms with Crippen LogP contribution < -0.4 is 4.72 Å². The largest absolute Gasteiger partial charge is 0.462 e. The second kappa shape index (κ2) is 10.6. The van der Waals surface area contributed by atoms with E-state index in [-0.39, 0.29) is 17.0 Å². The maximum absolute atomic E-state index is 13.6. The number of benzene rings is 1. The number of carbonyl (C=O) groups is 2. The summed E-state index contributed by atoms with van der Waals surface area (Å²) in [5, 5.41) is 9.93. The number of nitro groups is 1. The highest BCUT2D eigenvalue weighted by Crippen LogP contribution is 2.41. The molecular formula is C23H31N3O7S. The fourth-order valence-electron chi connectivity index (χ4n) is 3.95. The van der Waals surface area contributed by atoms with E-state index in [1.165, 1.54) is 25.1 Å². The van der Waals surface area contributed by atoms with E-state index in [1.807, 2.05) is 0 Å². The minimum absolute atomic E-state index is 0.0124. The third kappa shape index (κ3) is 5.95. The van der Waals surface area contributed by atoms with Gasteiger partial charge in [-0.25, -0.2) is 13.1 Å². The molecule has 2 rings (SSSR count). The Labute approximate surface area is 199 Å². The quantitative estimate of drug-likeness (QED) is 0.316. The number of hydrogen-bond donors (Lipinski definition) is 1. The Morgan fingerprint density at radius 2 is 1.76 bits per heavy atom. The number of aliphatic imine (C=N–C) groups is 1. The van der Waals surface area contributed by atoms with Gasteiger partial charge >= 0.3 is 5.97 Å². The molecule has 1 aromatic rings. The Bertz CT molecular complexity index is 1150. The maximum Gasteiger partial charge on any atom is 0.315 e. The first-order valence-corrected chi connectivity index (χ1v) is 12.5. The Balaban J connectivity index is 2.73. The van der Waals surface area contributed by atoms with Crippen LogP contribution in [0.25, 0.3) is 0 Å². The summed E-state index contributed by atoms with van der Waals surface area (Å²) >= 11 is 0. The lowest BCUT2D eigenvalue weighted by atomic mass is 9.74. The number of ether oxygens (including phenoxy) is 1. The minimum atomic E-state index is -4.04. The van der Waals surface area contributed by atoms with Crippen molar-refractivity contribution < 1.29 is 27.7 Å². The standard InChI is InChI=1S/C23H31N3O7S/c1-12(2)25-34(31,32)16(7)22(27)19-14(5)24-15(6)20(23(28)33-13(3)4)21(19)17-9-8-10-18(11-17)26(29)30/h8-13,16,20-21,25H,1-7H3. The number of allylic oxidation sites excluding steroid dienone is 2. The van der Waals surface area contributed by atoms with Crippen molar-refractivity contribution >= 4 is 33.2 Å². The lowest BCUT2D eigenvalue weighted by Crippen LogP contribution is -2.44. The van der Waals surface area contributed by atoms with Crippen molar-refractivity contribution in [2.75, 3.05) is 0 Å². The molecule has 1 aliphatic heterocycles. The van der Waals surface area contributed by atoms with Gasteiger partial charge < -0.3 is 4.74 Å². The molecule has 0 radical (unpaired) electrons. The summed E-state index contributed by atoms with van der Waals surface area (Å²) in [4.78, 5) is 41.9. The van der Waals surface area contributed by atoms with Gasteiger partial charge in [-0.15, -0.1) is 0 Å². The molecule has 0 aromatic heterocycles. The zero-order valence-electron chi connectivity index (χ0n) is 20.4. The monoisotopic (exact) mass is 493 g/mol. The number of sulfonamides is 1. The van der Waals surface area contributed by atoms with E-state index in [0.29, 0.717) is 11.3 Å². The average molecular weight is 494 g/mol. The topological polar surface area (TPSA) is 145 Å². The highest BCUT2D eigenvalue weighted by atomic mass is 32.2. The van der Waals surface area contributed by atoms with Crippen molar-refractivity contribution in [1.29, 1.82) is 0 Å². The first kappa shape index (κ1) is 27.3. The second-order valence-corrected chi connectivity index (χ2v) is 10.9. The number of carbonyl (C=O) groups excluding carboxylic acids is 2. The van der Waals surface area contributed by atoms with Crippen LogP contribution in [0.4, 0.5) is 5.69 Å². The van der Waals surface area contributed by atoms with Gasteiger partial charge in [-0.3, -0.25) is 24.7 Å². The Morgan fingerprint density at radius 3 is 2.29 bits per heavy atom. The van der Waals surface area contributed by atoms with Crippen molar-refractivity contribution in [2.45, 2.75) is 71.8 Å². The summed E-state index contributed by atoms with van der Waals surface area (Å²) < 4.78 is 33.4. The molecule has 0 amide bonds. The SMILES string of the molecule is CC1=NC(C)=C(C(=O)C(C)S(=O)(=O)NC(C)C)C(c2cccc([N+](=O)[O-])c2)C1C(=O)OC(C)C. The number of ketones is 1. The first-order valence-electron chi connectivity index (χ1n) is 10.9. The molecule has 0 saturated carbocycles. The van der Waals surface area contributed by atoms with Crippen LogP contribution in [0.1, 0.15) is 59.9 Å². The van der Waals surface area contributed by atoms with Gasteiger partial charge in [0.25, 0.3) is 5.69 Å². The fourth-order valence-corrected chi connectivity index (χ4v) is 5.22. The average Bonchev–Trinajstić information content (AvgIpc) is 2.70. The van der Waals surface area contributed by atoms with E-state index < -0.39 is 55.9 Å². The van der Waals surface area contributed by atoms with Gasteiger partial charge in [0.1, 0.15) is 11.2 Å². The summed E-state index contributed by atoms with van der Waals surface area (Å²) in [6, 6.07) is 5.18. The Morgan fingerprint density at radius 1 is 1.15 bits per heavy atom. The molecular weight excluding hydrogens is 462 g/mol. The van der Waals surface area contributed by atoms with Crippen LogP contribution in [-0.2, 0) is 24.3 Å². The molecule has 0 fully saturated rings. The van der Waals surface area contributed by atoms with E-state index in [1.54, 1.807) is 47.6 Å². The molecule has 0 spiro atoms. The molecule has 0 bridgehead atoms. The van der Waals surface area contributed by atoms with E-state index in [9.17, 15) is 28.1 Å². The lowest BCUT2D eigenvalue weighted by Gasteiger charge is -2.33. The number of nitrogens with zero attached hydrogens (tertiary/aromatic N) is 2. The molecule has 1 heterocycles. The number of nitrogens with one attached hydrogen (secondary N) is 1. The predicted molar refractivity (Wildman–Crippen MR) is 128 cm³/mol. The number of nitro benzene ring substituents is 1. The third-order valence-corrected chi connectivity index (χ3v) is 7.32. The lowest BCUT2D eigenvalue weighted by molar-refractivity contribution is -0.384. The van der Waals surface area contributed by atoms with Crippen molar-refractivity contribution in [3.8, 4) is 0 Å². The van der Waals surface area contributed by atoms with Gasteiger partial charge in [-0.2, -0.15) is 0 Å². The van der Waals surface area contributed by atoms with Crippen LogP contribution in [0.15, 0.2) is 40.5 Å². The van der Waals surface area contributed by atoms with Gasteiger partial charge in [0.2, 0.25) is 10.0 Å². The number of non-ortho nitro benzene ring substituents is 1. The summed E-state index contributed by atoms with van der Waals surface area (Å²) in [7, 11) is -4.04. The van der Waals surface area contributed by atoms with Gasteiger partial charge in [-0.1, -0.05) is 12.1 Å².